The summed E-state index contributed by atoms with van der Waals surface area (Å²) in [6.45, 7) is 2.05. The average Bonchev–Trinajstić information content (AvgIpc) is 2.91. The molecule has 2 fully saturated rings. The molecule has 0 bridgehead atoms. The van der Waals surface area contributed by atoms with Crippen LogP contribution >= 0.6 is 0 Å². The average molecular weight is 278 g/mol. The van der Waals surface area contributed by atoms with Gasteiger partial charge in [-0.2, -0.15) is 0 Å². The van der Waals surface area contributed by atoms with Gasteiger partial charge in [0.25, 0.3) is 0 Å². The van der Waals surface area contributed by atoms with Gasteiger partial charge in [-0.05, 0) is 36.3 Å². The molecule has 0 unspecified atom stereocenters. The maximum atomic E-state index is 12.3. The predicted molar refractivity (Wildman–Crippen MR) is 81.2 cm³/mol. The van der Waals surface area contributed by atoms with Crippen LogP contribution in [0.15, 0.2) is 24.0 Å². The molecule has 2 aliphatic carbocycles. The quantitative estimate of drug-likeness (QED) is 0.740. The van der Waals surface area contributed by atoms with Crippen LogP contribution < -0.4 is 0 Å². The predicted octanol–water partition coefficient (Wildman–Crippen LogP) is 2.43. The summed E-state index contributed by atoms with van der Waals surface area (Å²) in [5.74, 6) is 2.71. The molecule has 1 aromatic heterocycles. The highest BCUT2D eigenvalue weighted by Crippen LogP contribution is 2.50. The maximum Gasteiger partial charge on any atom is 0.177 e. The number of fused-ring (bicyclic) bond motifs is 1. The number of Topliss-reactive ketones (excluding diaryl/α,β-unsaturated/α-hetero) is 1. The Balaban J connectivity index is 1.80. The number of ketones is 1. The van der Waals surface area contributed by atoms with Crippen LogP contribution in [-0.2, 0) is 11.2 Å². The van der Waals surface area contributed by atoms with Crippen molar-refractivity contribution in [2.45, 2.75) is 32.1 Å². The van der Waals surface area contributed by atoms with Crippen molar-refractivity contribution in [2.75, 3.05) is 13.1 Å². The normalized spacial score (nSPS) is 23.0. The summed E-state index contributed by atoms with van der Waals surface area (Å²) >= 11 is 0. The molecule has 3 aliphatic rings. The smallest absolute Gasteiger partial charge is 0.177 e. The molecule has 1 aromatic rings. The van der Waals surface area contributed by atoms with Crippen LogP contribution in [0.1, 0.15) is 36.8 Å². The number of aromatic nitrogens is 1. The molecule has 3 heteroatoms. The second kappa shape index (κ2) is 4.46. The van der Waals surface area contributed by atoms with Gasteiger partial charge in [0.05, 0.1) is 11.3 Å². The van der Waals surface area contributed by atoms with Crippen molar-refractivity contribution in [3.8, 4) is 12.3 Å². The van der Waals surface area contributed by atoms with Crippen molar-refractivity contribution in [3.05, 3.63) is 35.2 Å². The SMILES string of the molecule is C#CC1=C(N2CCC3(CCC3)C2)c2ccncc2CC1=O. The lowest BCUT2D eigenvalue weighted by Gasteiger charge is -2.39. The summed E-state index contributed by atoms with van der Waals surface area (Å²) in [5.41, 5.74) is 4.14. The molecule has 4 rings (SSSR count). The standard InChI is InChI=1S/C18H18N2O/c1-2-14-16(21)10-13-11-19-8-4-15(13)17(14)20-9-7-18(12-20)5-3-6-18/h1,4,8,11H,3,5-7,9-10,12H2. The summed E-state index contributed by atoms with van der Waals surface area (Å²) in [5, 5.41) is 0. The fraction of sp³-hybridized carbons (Fsp3) is 0.444. The highest BCUT2D eigenvalue weighted by molar-refractivity contribution is 6.10. The summed E-state index contributed by atoms with van der Waals surface area (Å²) in [7, 11) is 0. The third-order valence-corrected chi connectivity index (χ3v) is 5.34. The molecule has 2 heterocycles. The number of terminal acetylenes is 1. The molecular formula is C18H18N2O. The minimum atomic E-state index is 0.0579. The van der Waals surface area contributed by atoms with E-state index < -0.39 is 0 Å². The zero-order valence-corrected chi connectivity index (χ0v) is 12.1. The van der Waals surface area contributed by atoms with Gasteiger partial charge in [0, 0.05) is 37.5 Å². The van der Waals surface area contributed by atoms with E-state index in [1.54, 1.807) is 12.4 Å². The first-order valence-electron chi connectivity index (χ1n) is 7.65. The second-order valence-corrected chi connectivity index (χ2v) is 6.53. The molecule has 1 spiro atoms. The number of allylic oxidation sites excluding steroid dienone is 1. The minimum Gasteiger partial charge on any atom is -0.369 e. The molecule has 1 aliphatic heterocycles. The highest BCUT2D eigenvalue weighted by atomic mass is 16.1. The number of pyridine rings is 1. The number of hydrogen-bond acceptors (Lipinski definition) is 3. The Bertz CT molecular complexity index is 691. The van der Waals surface area contributed by atoms with E-state index in [0.717, 1.165) is 29.9 Å². The third kappa shape index (κ3) is 1.82. The van der Waals surface area contributed by atoms with Crippen LogP contribution in [0.3, 0.4) is 0 Å². The monoisotopic (exact) mass is 278 g/mol. The molecule has 21 heavy (non-hydrogen) atoms. The summed E-state index contributed by atoms with van der Waals surface area (Å²) in [4.78, 5) is 18.9. The van der Waals surface area contributed by atoms with Gasteiger partial charge in [-0.25, -0.2) is 0 Å². The van der Waals surface area contributed by atoms with E-state index >= 15 is 0 Å². The van der Waals surface area contributed by atoms with Crippen LogP contribution in [0.5, 0.6) is 0 Å². The minimum absolute atomic E-state index is 0.0579. The lowest BCUT2D eigenvalue weighted by Crippen LogP contribution is -2.34. The van der Waals surface area contributed by atoms with Gasteiger partial charge in [0.15, 0.2) is 5.78 Å². The van der Waals surface area contributed by atoms with Gasteiger partial charge in [-0.3, -0.25) is 9.78 Å². The Labute approximate surface area is 125 Å². The molecular weight excluding hydrogens is 260 g/mol. The van der Waals surface area contributed by atoms with E-state index in [9.17, 15) is 4.79 Å². The van der Waals surface area contributed by atoms with Crippen molar-refractivity contribution in [3.63, 3.8) is 0 Å². The van der Waals surface area contributed by atoms with E-state index in [1.807, 2.05) is 6.07 Å². The van der Waals surface area contributed by atoms with Gasteiger partial charge in [0.1, 0.15) is 0 Å². The summed E-state index contributed by atoms with van der Waals surface area (Å²) < 4.78 is 0. The molecule has 3 nitrogen and oxygen atoms in total. The molecule has 1 saturated carbocycles. The zero-order chi connectivity index (χ0) is 14.4. The topological polar surface area (TPSA) is 33.2 Å². The Morgan fingerprint density at radius 1 is 1.33 bits per heavy atom. The van der Waals surface area contributed by atoms with E-state index in [2.05, 4.69) is 15.8 Å². The van der Waals surface area contributed by atoms with Crippen molar-refractivity contribution in [1.29, 1.82) is 0 Å². The van der Waals surface area contributed by atoms with E-state index in [-0.39, 0.29) is 5.78 Å². The fourth-order valence-electron chi connectivity index (χ4n) is 4.02. The van der Waals surface area contributed by atoms with Gasteiger partial charge in [-0.1, -0.05) is 12.3 Å². The van der Waals surface area contributed by atoms with Crippen molar-refractivity contribution in [1.82, 2.24) is 9.88 Å². The molecule has 106 valence electrons. The molecule has 0 radical (unpaired) electrons. The molecule has 0 N–H and O–H groups in total. The Kier molecular flexibility index (Phi) is 2.68. The van der Waals surface area contributed by atoms with E-state index in [1.165, 1.54) is 25.7 Å². The number of nitrogens with zero attached hydrogens (tertiary/aromatic N) is 2. The van der Waals surface area contributed by atoms with Gasteiger partial charge < -0.3 is 4.90 Å². The van der Waals surface area contributed by atoms with Crippen LogP contribution in [0.25, 0.3) is 5.70 Å². The van der Waals surface area contributed by atoms with Gasteiger partial charge >= 0.3 is 0 Å². The van der Waals surface area contributed by atoms with Crippen LogP contribution in [-0.4, -0.2) is 28.8 Å². The van der Waals surface area contributed by atoms with Crippen LogP contribution in [0.4, 0.5) is 0 Å². The van der Waals surface area contributed by atoms with Gasteiger partial charge in [0.2, 0.25) is 0 Å². The molecule has 1 saturated heterocycles. The number of likely N-dealkylation sites (tertiary alicyclic amines) is 1. The zero-order valence-electron chi connectivity index (χ0n) is 12.1. The number of hydrogen-bond donors (Lipinski definition) is 0. The largest absolute Gasteiger partial charge is 0.369 e. The fourth-order valence-corrected chi connectivity index (χ4v) is 4.02. The lowest BCUT2D eigenvalue weighted by molar-refractivity contribution is -0.114. The maximum absolute atomic E-state index is 12.3. The summed E-state index contributed by atoms with van der Waals surface area (Å²) in [6.07, 6.45) is 14.8. The first-order valence-corrected chi connectivity index (χ1v) is 7.65. The van der Waals surface area contributed by atoms with Crippen molar-refractivity contribution in [2.24, 2.45) is 5.41 Å². The molecule has 0 amide bonds. The number of carbonyl (C=O) groups excluding carboxylic acids is 1. The van der Waals surface area contributed by atoms with Gasteiger partial charge in [-0.15, -0.1) is 6.42 Å². The third-order valence-electron chi connectivity index (χ3n) is 5.34. The van der Waals surface area contributed by atoms with E-state index in [4.69, 9.17) is 6.42 Å². The first kappa shape index (κ1) is 12.6. The van der Waals surface area contributed by atoms with Crippen LogP contribution in [0.2, 0.25) is 0 Å². The molecule has 0 atom stereocenters. The second-order valence-electron chi connectivity index (χ2n) is 6.53. The highest BCUT2D eigenvalue weighted by Gasteiger charge is 2.44. The van der Waals surface area contributed by atoms with Crippen molar-refractivity contribution >= 4 is 11.5 Å². The van der Waals surface area contributed by atoms with E-state index in [0.29, 0.717) is 17.4 Å². The Hall–Kier alpha value is -2.08. The lowest BCUT2D eigenvalue weighted by atomic mass is 9.68. The number of rotatable bonds is 1. The Morgan fingerprint density at radius 3 is 2.86 bits per heavy atom. The van der Waals surface area contributed by atoms with Crippen LogP contribution in [0, 0.1) is 17.8 Å². The van der Waals surface area contributed by atoms with Crippen molar-refractivity contribution < 1.29 is 4.79 Å². The first-order chi connectivity index (χ1) is 10.2. The number of carbonyl (C=O) groups is 1. The molecule has 0 aromatic carbocycles. The Morgan fingerprint density at radius 2 is 2.19 bits per heavy atom. The summed E-state index contributed by atoms with van der Waals surface area (Å²) in [6, 6.07) is 2.00.